The van der Waals surface area contributed by atoms with Gasteiger partial charge in [0, 0.05) is 24.8 Å². The van der Waals surface area contributed by atoms with Gasteiger partial charge >= 0.3 is 7.82 Å². The summed E-state index contributed by atoms with van der Waals surface area (Å²) < 4.78 is 84.0. The van der Waals surface area contributed by atoms with Gasteiger partial charge in [-0.1, -0.05) is 0 Å². The van der Waals surface area contributed by atoms with Crippen LogP contribution in [0.4, 0.5) is 24.8 Å². The van der Waals surface area contributed by atoms with Crippen LogP contribution < -0.4 is 10.9 Å². The number of phosphoric acid groups is 1. The normalized spacial score (nSPS) is 21.8. The molecule has 3 heterocycles. The van der Waals surface area contributed by atoms with Crippen molar-refractivity contribution in [2.24, 2.45) is 4.99 Å². The fourth-order valence-electron chi connectivity index (χ4n) is 5.45. The Morgan fingerprint density at radius 1 is 1.04 bits per heavy atom. The number of fused-ring (bicyclic) bond motifs is 1. The van der Waals surface area contributed by atoms with E-state index in [9.17, 15) is 14.1 Å². The average molecular weight is 671 g/mol. The molecule has 1 aliphatic heterocycles. The number of hydrogen-bond acceptors (Lipinski definition) is 10. The number of aromatic nitrogens is 4. The fourth-order valence-corrected chi connectivity index (χ4v) is 7.20. The van der Waals surface area contributed by atoms with Crippen LogP contribution in [0.5, 0.6) is 0 Å². The van der Waals surface area contributed by atoms with E-state index in [0.717, 1.165) is 12.8 Å². The van der Waals surface area contributed by atoms with Gasteiger partial charge < -0.3 is 15.2 Å². The third-order valence-electron chi connectivity index (χ3n) is 7.34. The van der Waals surface area contributed by atoms with E-state index in [-0.39, 0.29) is 30.4 Å². The third kappa shape index (κ3) is 8.36. The lowest BCUT2D eigenvalue weighted by atomic mass is 9.93. The summed E-state index contributed by atoms with van der Waals surface area (Å²) in [4.78, 5) is 13.6. The molecule has 1 atom stereocenters. The highest BCUT2D eigenvalue weighted by Crippen LogP contribution is 2.55. The van der Waals surface area contributed by atoms with Gasteiger partial charge in [0.1, 0.15) is 23.8 Å². The van der Waals surface area contributed by atoms with Gasteiger partial charge in [0.25, 0.3) is 0 Å². The van der Waals surface area contributed by atoms with Crippen LogP contribution in [0, 0.1) is 17.5 Å². The topological polar surface area (TPSA) is 134 Å². The number of aliphatic hydroxyl groups is 1. The summed E-state index contributed by atoms with van der Waals surface area (Å²) >= 11 is 0. The second kappa shape index (κ2) is 13.4. The van der Waals surface area contributed by atoms with Crippen LogP contribution >= 0.6 is 7.82 Å². The smallest absolute Gasteiger partial charge is 0.393 e. The van der Waals surface area contributed by atoms with Crippen molar-refractivity contribution in [3.8, 4) is 0 Å². The molecular weight excluding hydrogens is 628 g/mol. The zero-order chi connectivity index (χ0) is 33.4. The SMILES string of the molecule is CC(C)(C)OP(=O)(OCn1/c(=N\c2c(F)cc(F)cc2F)n([C@H]2CCOC2)c2nc(NC3CCC(O)CC3)ncc21)OC(C)(C)C. The molecule has 0 amide bonds. The maximum absolute atomic E-state index is 15.0. The van der Waals surface area contributed by atoms with Crippen molar-refractivity contribution in [2.75, 3.05) is 18.5 Å². The third-order valence-corrected chi connectivity index (χ3v) is 9.31. The number of phosphoric ester groups is 1. The van der Waals surface area contributed by atoms with Crippen LogP contribution in [0.25, 0.3) is 11.2 Å². The predicted octanol–water partition coefficient (Wildman–Crippen LogP) is 6.27. The van der Waals surface area contributed by atoms with Crippen molar-refractivity contribution in [3.05, 3.63) is 41.4 Å². The first-order valence-corrected chi connectivity index (χ1v) is 16.8. The zero-order valence-corrected chi connectivity index (χ0v) is 27.8. The maximum Gasteiger partial charge on any atom is 0.477 e. The molecule has 1 aliphatic carbocycles. The molecule has 0 bridgehead atoms. The molecule has 12 nitrogen and oxygen atoms in total. The Labute approximate surface area is 265 Å². The van der Waals surface area contributed by atoms with Gasteiger partial charge in [0.2, 0.25) is 11.6 Å². The maximum atomic E-state index is 15.0. The average Bonchev–Trinajstić information content (AvgIpc) is 3.54. The summed E-state index contributed by atoms with van der Waals surface area (Å²) in [5.41, 5.74) is -1.92. The quantitative estimate of drug-likeness (QED) is 0.253. The lowest BCUT2D eigenvalue weighted by Crippen LogP contribution is -2.31. The highest BCUT2D eigenvalue weighted by atomic mass is 31.2. The number of benzene rings is 1. The number of aliphatic hydroxyl groups excluding tert-OH is 1. The number of nitrogens with one attached hydrogen (secondary N) is 1. The number of anilines is 1. The molecule has 3 aromatic rings. The molecule has 0 unspecified atom stereocenters. The molecule has 16 heteroatoms. The molecule has 1 aromatic carbocycles. The van der Waals surface area contributed by atoms with E-state index in [1.807, 2.05) is 0 Å². The van der Waals surface area contributed by atoms with E-state index >= 15 is 8.78 Å². The van der Waals surface area contributed by atoms with Gasteiger partial charge in [-0.3, -0.25) is 22.7 Å². The molecule has 1 saturated heterocycles. The summed E-state index contributed by atoms with van der Waals surface area (Å²) in [7, 11) is -4.26. The fraction of sp³-hybridized carbons (Fsp3) is 0.633. The molecule has 0 spiro atoms. The largest absolute Gasteiger partial charge is 0.477 e. The number of ether oxygens (including phenoxy) is 1. The molecule has 46 heavy (non-hydrogen) atoms. The lowest BCUT2D eigenvalue weighted by Gasteiger charge is -2.30. The molecule has 2 aromatic heterocycles. The molecule has 0 radical (unpaired) electrons. The Kier molecular flexibility index (Phi) is 10.0. The van der Waals surface area contributed by atoms with Gasteiger partial charge in [-0.15, -0.1) is 0 Å². The second-order valence-corrected chi connectivity index (χ2v) is 15.1. The van der Waals surface area contributed by atoms with Crippen LogP contribution in [0.1, 0.15) is 79.7 Å². The van der Waals surface area contributed by atoms with E-state index in [1.54, 1.807) is 46.1 Å². The van der Waals surface area contributed by atoms with Crippen molar-refractivity contribution in [1.29, 1.82) is 0 Å². The molecule has 2 N–H and O–H groups in total. The molecule has 2 aliphatic rings. The monoisotopic (exact) mass is 670 g/mol. The van der Waals surface area contributed by atoms with Gasteiger partial charge in [0.15, 0.2) is 17.3 Å². The van der Waals surface area contributed by atoms with E-state index in [0.29, 0.717) is 55.1 Å². The predicted molar refractivity (Wildman–Crippen MR) is 164 cm³/mol. The van der Waals surface area contributed by atoms with Crippen LogP contribution in [0.3, 0.4) is 0 Å². The van der Waals surface area contributed by atoms with Crippen LogP contribution in [0.15, 0.2) is 23.3 Å². The van der Waals surface area contributed by atoms with Crippen LogP contribution in [0.2, 0.25) is 0 Å². The minimum absolute atomic E-state index is 0.0276. The summed E-state index contributed by atoms with van der Waals surface area (Å²) in [6.07, 6.45) is 4.47. The number of halogens is 3. The minimum atomic E-state index is -4.26. The lowest BCUT2D eigenvalue weighted by molar-refractivity contribution is -0.00620. The summed E-state index contributed by atoms with van der Waals surface area (Å²) in [6, 6.07) is 0.765. The number of rotatable bonds is 9. The first kappa shape index (κ1) is 34.5. The Bertz CT molecular complexity index is 1630. The van der Waals surface area contributed by atoms with E-state index in [4.69, 9.17) is 23.3 Å². The summed E-state index contributed by atoms with van der Waals surface area (Å²) in [5, 5.41) is 13.2. The Balaban J connectivity index is 1.68. The van der Waals surface area contributed by atoms with Crippen LogP contribution in [-0.2, 0) is 29.6 Å². The molecule has 5 rings (SSSR count). The Morgan fingerprint density at radius 3 is 2.24 bits per heavy atom. The molecule has 2 fully saturated rings. The zero-order valence-electron chi connectivity index (χ0n) is 26.9. The number of nitrogens with zero attached hydrogens (tertiary/aromatic N) is 5. The van der Waals surface area contributed by atoms with Crippen molar-refractivity contribution in [2.45, 2.75) is 110 Å². The molecule has 254 valence electrons. The summed E-state index contributed by atoms with van der Waals surface area (Å²) in [5.74, 6) is -3.21. The first-order chi connectivity index (χ1) is 21.5. The van der Waals surface area contributed by atoms with Gasteiger partial charge in [0.05, 0.1) is 36.2 Å². The first-order valence-electron chi connectivity index (χ1n) is 15.4. The number of hydrogen-bond donors (Lipinski definition) is 2. The van der Waals surface area contributed by atoms with Crippen LogP contribution in [-0.4, -0.2) is 60.8 Å². The Hall–Kier alpha value is -2.81. The van der Waals surface area contributed by atoms with Gasteiger partial charge in [-0.05, 0) is 73.6 Å². The van der Waals surface area contributed by atoms with Crippen molar-refractivity contribution in [1.82, 2.24) is 19.1 Å². The van der Waals surface area contributed by atoms with E-state index in [2.05, 4.69) is 15.3 Å². The standard InChI is InChI=1S/C30H42F3N6O6P/c1-29(2,3)44-46(41,45-30(4,5)6)43-17-38-24-15-34-27(35-19-7-9-21(40)10-8-19)37-26(24)39(20-11-12-42-16-20)28(38)36-25-22(32)13-18(31)14-23(25)33/h13-15,19-21,40H,7-12,16-17H2,1-6H3,(H,34,35,37)/b36-28+/t19?,20-,21?/m0/s1. The van der Waals surface area contributed by atoms with Crippen molar-refractivity contribution in [3.63, 3.8) is 0 Å². The molecular formula is C30H42F3N6O6P. The molecule has 1 saturated carbocycles. The highest BCUT2D eigenvalue weighted by molar-refractivity contribution is 7.48. The second-order valence-electron chi connectivity index (χ2n) is 13.6. The van der Waals surface area contributed by atoms with E-state index in [1.165, 1.54) is 10.8 Å². The summed E-state index contributed by atoms with van der Waals surface area (Å²) in [6.45, 7) is 10.4. The Morgan fingerprint density at radius 2 is 1.67 bits per heavy atom. The minimum Gasteiger partial charge on any atom is -0.393 e. The number of imidazole rings is 1. The van der Waals surface area contributed by atoms with Crippen molar-refractivity contribution < 1.29 is 41.2 Å². The highest BCUT2D eigenvalue weighted by Gasteiger charge is 2.38. The van der Waals surface area contributed by atoms with E-state index < -0.39 is 48.9 Å². The van der Waals surface area contributed by atoms with Gasteiger partial charge in [-0.2, -0.15) is 4.98 Å². The van der Waals surface area contributed by atoms with Crippen molar-refractivity contribution >= 4 is 30.6 Å². The van der Waals surface area contributed by atoms with Gasteiger partial charge in [-0.25, -0.2) is 27.7 Å².